The molecule has 0 radical (unpaired) electrons. The van der Waals surface area contributed by atoms with E-state index in [4.69, 9.17) is 16.6 Å². The third-order valence-corrected chi connectivity index (χ3v) is 4.53. The number of benzene rings is 2. The number of halogens is 1. The van der Waals surface area contributed by atoms with Gasteiger partial charge in [0.05, 0.1) is 6.21 Å². The molecule has 0 unspecified atom stereocenters. The quantitative estimate of drug-likeness (QED) is 0.346. The summed E-state index contributed by atoms with van der Waals surface area (Å²) in [6.07, 6.45) is 1.63. The molecule has 0 fully saturated rings. The molecule has 5 nitrogen and oxygen atoms in total. The average Bonchev–Trinajstić information content (AvgIpc) is 3.28. The van der Waals surface area contributed by atoms with Crippen LogP contribution >= 0.6 is 28.1 Å². The number of H-pyrrole nitrogens is 1. The number of hydrogen-bond acceptors (Lipinski definition) is 4. The molecule has 7 heteroatoms. The summed E-state index contributed by atoms with van der Waals surface area (Å²) in [5.74, 6) is 2.05. The van der Waals surface area contributed by atoms with Gasteiger partial charge in [0.15, 0.2) is 5.82 Å². The Balaban J connectivity index is 1.63. The van der Waals surface area contributed by atoms with Gasteiger partial charge in [-0.3, -0.25) is 0 Å². The summed E-state index contributed by atoms with van der Waals surface area (Å²) in [7, 11) is 0. The predicted molar refractivity (Wildman–Crippen MR) is 108 cm³/mol. The van der Waals surface area contributed by atoms with Gasteiger partial charge in [-0.25, -0.2) is 5.10 Å². The van der Waals surface area contributed by atoms with Crippen LogP contribution < -0.4 is 0 Å². The van der Waals surface area contributed by atoms with E-state index in [1.54, 1.807) is 10.9 Å². The van der Waals surface area contributed by atoms with Gasteiger partial charge in [-0.1, -0.05) is 58.4 Å². The Bertz CT molecular complexity index is 1110. The van der Waals surface area contributed by atoms with E-state index in [1.165, 1.54) is 0 Å². The minimum atomic E-state index is 0.416. The molecule has 0 saturated heterocycles. The zero-order chi connectivity index (χ0) is 17.9. The molecule has 0 spiro atoms. The maximum atomic E-state index is 5.85. The third-order valence-electron chi connectivity index (χ3n) is 3.74. The SMILES string of the molecule is S=c1[nH]nc(-c2ccccc2)n1/N=C\c1ccc(-c2ccc(Br)cc2)o1. The third kappa shape index (κ3) is 3.44. The second-order valence-corrected chi connectivity index (χ2v) is 6.79. The van der Waals surface area contributed by atoms with Crippen molar-refractivity contribution in [1.82, 2.24) is 14.9 Å². The molecule has 128 valence electrons. The van der Waals surface area contributed by atoms with Gasteiger partial charge >= 0.3 is 0 Å². The average molecular weight is 425 g/mol. The summed E-state index contributed by atoms with van der Waals surface area (Å²) < 4.78 is 8.87. The van der Waals surface area contributed by atoms with E-state index < -0.39 is 0 Å². The lowest BCUT2D eigenvalue weighted by Crippen LogP contribution is -1.94. The molecule has 0 saturated carbocycles. The molecular weight excluding hydrogens is 412 g/mol. The first-order valence-corrected chi connectivity index (χ1v) is 9.04. The van der Waals surface area contributed by atoms with Crippen LogP contribution in [0, 0.1) is 4.77 Å². The number of hydrogen-bond donors (Lipinski definition) is 1. The highest BCUT2D eigenvalue weighted by molar-refractivity contribution is 9.10. The molecular formula is C19H13BrN4OS. The molecule has 2 aromatic heterocycles. The van der Waals surface area contributed by atoms with E-state index in [9.17, 15) is 0 Å². The predicted octanol–water partition coefficient (Wildman–Crippen LogP) is 5.51. The summed E-state index contributed by atoms with van der Waals surface area (Å²) in [5.41, 5.74) is 1.92. The molecule has 4 aromatic rings. The van der Waals surface area contributed by atoms with Gasteiger partial charge in [0.25, 0.3) is 0 Å². The standard InChI is InChI=1S/C19H13BrN4OS/c20-15-8-6-13(7-9-15)17-11-10-16(25-17)12-21-24-18(22-23-19(24)26)14-4-2-1-3-5-14/h1-12H,(H,23,26)/b21-12-. The van der Waals surface area contributed by atoms with Crippen LogP contribution in [0.3, 0.4) is 0 Å². The highest BCUT2D eigenvalue weighted by Crippen LogP contribution is 2.23. The Hall–Kier alpha value is -2.77. The summed E-state index contributed by atoms with van der Waals surface area (Å²) in [6, 6.07) is 21.5. The lowest BCUT2D eigenvalue weighted by Gasteiger charge is -2.00. The molecule has 4 rings (SSSR count). The van der Waals surface area contributed by atoms with Gasteiger partial charge < -0.3 is 4.42 Å². The second kappa shape index (κ2) is 7.23. The minimum Gasteiger partial charge on any atom is -0.455 e. The van der Waals surface area contributed by atoms with Crippen LogP contribution in [0.1, 0.15) is 5.76 Å². The van der Waals surface area contributed by atoms with Crippen molar-refractivity contribution in [2.45, 2.75) is 0 Å². The lowest BCUT2D eigenvalue weighted by molar-refractivity contribution is 0.574. The maximum Gasteiger partial charge on any atom is 0.216 e. The van der Waals surface area contributed by atoms with Crippen LogP contribution in [-0.2, 0) is 0 Å². The van der Waals surface area contributed by atoms with Gasteiger partial charge in [0.1, 0.15) is 11.5 Å². The van der Waals surface area contributed by atoms with Crippen LogP contribution in [-0.4, -0.2) is 21.1 Å². The van der Waals surface area contributed by atoms with Crippen LogP contribution in [0.2, 0.25) is 0 Å². The molecule has 0 atom stereocenters. The first-order valence-electron chi connectivity index (χ1n) is 7.84. The number of furan rings is 1. The van der Waals surface area contributed by atoms with E-state index in [2.05, 4.69) is 31.2 Å². The summed E-state index contributed by atoms with van der Waals surface area (Å²) in [6.45, 7) is 0. The van der Waals surface area contributed by atoms with Crippen molar-refractivity contribution in [3.05, 3.63) is 81.7 Å². The molecule has 0 aliphatic rings. The zero-order valence-corrected chi connectivity index (χ0v) is 15.9. The van der Waals surface area contributed by atoms with Gasteiger partial charge in [0, 0.05) is 15.6 Å². The summed E-state index contributed by atoms with van der Waals surface area (Å²) >= 11 is 8.71. The van der Waals surface area contributed by atoms with Crippen molar-refractivity contribution in [1.29, 1.82) is 0 Å². The van der Waals surface area contributed by atoms with E-state index in [-0.39, 0.29) is 0 Å². The Morgan fingerprint density at radius 2 is 1.77 bits per heavy atom. The fourth-order valence-electron chi connectivity index (χ4n) is 2.48. The van der Waals surface area contributed by atoms with Crippen LogP contribution in [0.5, 0.6) is 0 Å². The topological polar surface area (TPSA) is 59.1 Å². The largest absolute Gasteiger partial charge is 0.455 e. The van der Waals surface area contributed by atoms with Crippen LogP contribution in [0.4, 0.5) is 0 Å². The zero-order valence-electron chi connectivity index (χ0n) is 13.5. The molecule has 26 heavy (non-hydrogen) atoms. The smallest absolute Gasteiger partial charge is 0.216 e. The van der Waals surface area contributed by atoms with Gasteiger partial charge in [-0.2, -0.15) is 14.9 Å². The fraction of sp³-hybridized carbons (Fsp3) is 0. The van der Waals surface area contributed by atoms with E-state index in [1.807, 2.05) is 66.7 Å². The molecule has 2 aromatic carbocycles. The first-order chi connectivity index (χ1) is 12.7. The molecule has 0 aliphatic heterocycles. The van der Waals surface area contributed by atoms with Crippen molar-refractivity contribution in [2.24, 2.45) is 5.10 Å². The Morgan fingerprint density at radius 1 is 1.00 bits per heavy atom. The van der Waals surface area contributed by atoms with E-state index in [0.29, 0.717) is 16.4 Å². The molecule has 1 N–H and O–H groups in total. The normalized spacial score (nSPS) is 11.3. The van der Waals surface area contributed by atoms with Crippen molar-refractivity contribution < 1.29 is 4.42 Å². The number of aromatic nitrogens is 3. The Morgan fingerprint density at radius 3 is 2.54 bits per heavy atom. The number of nitrogens with zero attached hydrogens (tertiary/aromatic N) is 3. The van der Waals surface area contributed by atoms with E-state index >= 15 is 0 Å². The monoisotopic (exact) mass is 424 g/mol. The number of aromatic amines is 1. The van der Waals surface area contributed by atoms with Crippen LogP contribution in [0.15, 0.2) is 80.7 Å². The maximum absolute atomic E-state index is 5.85. The van der Waals surface area contributed by atoms with Crippen molar-refractivity contribution in [3.63, 3.8) is 0 Å². The molecule has 0 aliphatic carbocycles. The van der Waals surface area contributed by atoms with Crippen molar-refractivity contribution in [2.75, 3.05) is 0 Å². The number of rotatable bonds is 4. The van der Waals surface area contributed by atoms with E-state index in [0.717, 1.165) is 21.4 Å². The second-order valence-electron chi connectivity index (χ2n) is 5.48. The van der Waals surface area contributed by atoms with Gasteiger partial charge in [0.2, 0.25) is 4.77 Å². The minimum absolute atomic E-state index is 0.416. The Labute approximate surface area is 163 Å². The highest BCUT2D eigenvalue weighted by Gasteiger charge is 2.08. The van der Waals surface area contributed by atoms with Crippen molar-refractivity contribution >= 4 is 34.4 Å². The van der Waals surface area contributed by atoms with Crippen LogP contribution in [0.25, 0.3) is 22.7 Å². The fourth-order valence-corrected chi connectivity index (χ4v) is 2.92. The summed E-state index contributed by atoms with van der Waals surface area (Å²) in [4.78, 5) is 0. The molecule has 0 amide bonds. The number of nitrogens with one attached hydrogen (secondary N) is 1. The lowest BCUT2D eigenvalue weighted by atomic mass is 10.2. The van der Waals surface area contributed by atoms with Gasteiger partial charge in [-0.05, 0) is 36.5 Å². The van der Waals surface area contributed by atoms with Gasteiger partial charge in [-0.15, -0.1) is 0 Å². The summed E-state index contributed by atoms with van der Waals surface area (Å²) in [5, 5.41) is 11.5. The highest BCUT2D eigenvalue weighted by atomic mass is 79.9. The molecule has 2 heterocycles. The first kappa shape index (κ1) is 16.7. The Kier molecular flexibility index (Phi) is 4.64. The molecule has 0 bridgehead atoms. The van der Waals surface area contributed by atoms with Crippen molar-refractivity contribution in [3.8, 4) is 22.7 Å².